The first kappa shape index (κ1) is 20.1. The Balaban J connectivity index is 1.62. The van der Waals surface area contributed by atoms with Crippen LogP contribution in [0.4, 0.5) is 4.39 Å². The number of methoxy groups -OCH3 is 1. The zero-order chi connectivity index (χ0) is 19.8. The maximum Gasteiger partial charge on any atom is 0.191 e. The van der Waals surface area contributed by atoms with Crippen LogP contribution in [-0.2, 0) is 6.54 Å². The van der Waals surface area contributed by atoms with Crippen LogP contribution in [0.1, 0.15) is 30.0 Å². The van der Waals surface area contributed by atoms with E-state index in [2.05, 4.69) is 32.7 Å². The predicted molar refractivity (Wildman–Crippen MR) is 111 cm³/mol. The highest BCUT2D eigenvalue weighted by Crippen LogP contribution is 2.26. The van der Waals surface area contributed by atoms with Gasteiger partial charge in [0.2, 0.25) is 0 Å². The van der Waals surface area contributed by atoms with Crippen LogP contribution in [0.5, 0.6) is 5.75 Å². The number of hydrogen-bond acceptors (Lipinski definition) is 3. The summed E-state index contributed by atoms with van der Waals surface area (Å²) in [7, 11) is 3.43. The lowest BCUT2D eigenvalue weighted by Gasteiger charge is -2.29. The Morgan fingerprint density at radius 2 is 1.89 bits per heavy atom. The van der Waals surface area contributed by atoms with Gasteiger partial charge in [-0.1, -0.05) is 24.3 Å². The SMILES string of the molecule is CN=C(NCc1cccc(F)c1)NCC(c1ccc(OC)cc1)N1CCCC1. The topological polar surface area (TPSA) is 48.9 Å². The quantitative estimate of drug-likeness (QED) is 0.568. The molecule has 0 spiro atoms. The Bertz CT molecular complexity index is 772. The van der Waals surface area contributed by atoms with Gasteiger partial charge in [0.25, 0.3) is 0 Å². The van der Waals surface area contributed by atoms with E-state index in [0.29, 0.717) is 12.5 Å². The minimum atomic E-state index is -0.226. The summed E-state index contributed by atoms with van der Waals surface area (Å²) in [6, 6.07) is 15.1. The molecule has 1 unspecified atom stereocenters. The molecule has 2 N–H and O–H groups in total. The van der Waals surface area contributed by atoms with E-state index < -0.39 is 0 Å². The van der Waals surface area contributed by atoms with Gasteiger partial charge in [-0.25, -0.2) is 4.39 Å². The highest BCUT2D eigenvalue weighted by Gasteiger charge is 2.23. The van der Waals surface area contributed by atoms with Gasteiger partial charge in [-0.3, -0.25) is 9.89 Å². The minimum Gasteiger partial charge on any atom is -0.497 e. The van der Waals surface area contributed by atoms with E-state index in [1.807, 2.05) is 18.2 Å². The second-order valence-electron chi connectivity index (χ2n) is 6.97. The number of ether oxygens (including phenoxy) is 1. The van der Waals surface area contributed by atoms with Gasteiger partial charge in [-0.15, -0.1) is 0 Å². The molecule has 1 fully saturated rings. The minimum absolute atomic E-state index is 0.226. The van der Waals surface area contributed by atoms with E-state index in [-0.39, 0.29) is 11.9 Å². The van der Waals surface area contributed by atoms with Crippen LogP contribution in [0, 0.1) is 5.82 Å². The molecule has 28 heavy (non-hydrogen) atoms. The van der Waals surface area contributed by atoms with E-state index in [0.717, 1.165) is 30.9 Å². The average Bonchev–Trinajstić information content (AvgIpc) is 3.25. The number of halogens is 1. The molecule has 1 saturated heterocycles. The molecular formula is C22H29FN4O. The Labute approximate surface area is 166 Å². The van der Waals surface area contributed by atoms with Crippen molar-refractivity contribution in [2.75, 3.05) is 33.8 Å². The third-order valence-corrected chi connectivity index (χ3v) is 5.12. The Morgan fingerprint density at radius 1 is 1.14 bits per heavy atom. The van der Waals surface area contributed by atoms with Crippen LogP contribution in [0.3, 0.4) is 0 Å². The molecule has 0 aliphatic carbocycles. The number of nitrogens with one attached hydrogen (secondary N) is 2. The van der Waals surface area contributed by atoms with Crippen molar-refractivity contribution < 1.29 is 9.13 Å². The molecule has 0 amide bonds. The van der Waals surface area contributed by atoms with E-state index in [9.17, 15) is 4.39 Å². The van der Waals surface area contributed by atoms with E-state index in [1.165, 1.54) is 30.5 Å². The smallest absolute Gasteiger partial charge is 0.191 e. The van der Waals surface area contributed by atoms with Gasteiger partial charge < -0.3 is 15.4 Å². The van der Waals surface area contributed by atoms with Crippen LogP contribution in [0.15, 0.2) is 53.5 Å². The normalized spacial score (nSPS) is 16.0. The van der Waals surface area contributed by atoms with Crippen LogP contribution < -0.4 is 15.4 Å². The van der Waals surface area contributed by atoms with Gasteiger partial charge in [0.1, 0.15) is 11.6 Å². The zero-order valence-electron chi connectivity index (χ0n) is 16.6. The second-order valence-corrected chi connectivity index (χ2v) is 6.97. The first-order chi connectivity index (χ1) is 13.7. The fraction of sp³-hybridized carbons (Fsp3) is 0.409. The number of likely N-dealkylation sites (tertiary alicyclic amines) is 1. The molecule has 6 heteroatoms. The highest BCUT2D eigenvalue weighted by atomic mass is 19.1. The zero-order valence-corrected chi connectivity index (χ0v) is 16.6. The van der Waals surface area contributed by atoms with Crippen LogP contribution in [0.2, 0.25) is 0 Å². The number of aliphatic imine (C=N–C) groups is 1. The number of hydrogen-bond donors (Lipinski definition) is 2. The lowest BCUT2D eigenvalue weighted by Crippen LogP contribution is -2.42. The molecule has 1 heterocycles. The summed E-state index contributed by atoms with van der Waals surface area (Å²) in [5, 5.41) is 6.69. The molecule has 150 valence electrons. The Hall–Kier alpha value is -2.60. The van der Waals surface area contributed by atoms with Crippen molar-refractivity contribution in [2.45, 2.75) is 25.4 Å². The van der Waals surface area contributed by atoms with Gasteiger partial charge in [-0.2, -0.15) is 0 Å². The maximum atomic E-state index is 13.4. The predicted octanol–water partition coefficient (Wildman–Crippen LogP) is 3.34. The monoisotopic (exact) mass is 384 g/mol. The summed E-state index contributed by atoms with van der Waals surface area (Å²) in [5.74, 6) is 1.35. The van der Waals surface area contributed by atoms with Gasteiger partial charge in [0, 0.05) is 20.1 Å². The van der Waals surface area contributed by atoms with Crippen LogP contribution in [0.25, 0.3) is 0 Å². The van der Waals surface area contributed by atoms with E-state index in [1.54, 1.807) is 20.2 Å². The summed E-state index contributed by atoms with van der Waals surface area (Å²) in [5.41, 5.74) is 2.14. The number of rotatable bonds is 7. The highest BCUT2D eigenvalue weighted by molar-refractivity contribution is 5.79. The first-order valence-corrected chi connectivity index (χ1v) is 9.76. The number of guanidine groups is 1. The molecule has 0 bridgehead atoms. The second kappa shape index (κ2) is 10.1. The van der Waals surface area contributed by atoms with E-state index in [4.69, 9.17) is 4.74 Å². The molecule has 1 aliphatic rings. The lowest BCUT2D eigenvalue weighted by molar-refractivity contribution is 0.245. The van der Waals surface area contributed by atoms with Gasteiger partial charge in [0.15, 0.2) is 5.96 Å². The molecule has 5 nitrogen and oxygen atoms in total. The first-order valence-electron chi connectivity index (χ1n) is 9.76. The fourth-order valence-electron chi connectivity index (χ4n) is 3.58. The van der Waals surface area contributed by atoms with Gasteiger partial charge in [0.05, 0.1) is 13.2 Å². The maximum absolute atomic E-state index is 13.4. The van der Waals surface area contributed by atoms with Crippen LogP contribution in [-0.4, -0.2) is 44.7 Å². The summed E-state index contributed by atoms with van der Waals surface area (Å²) in [6.45, 7) is 3.48. The molecule has 0 radical (unpaired) electrons. The molecule has 0 aromatic heterocycles. The van der Waals surface area contributed by atoms with E-state index >= 15 is 0 Å². The van der Waals surface area contributed by atoms with Crippen molar-refractivity contribution in [1.82, 2.24) is 15.5 Å². The summed E-state index contributed by atoms with van der Waals surface area (Å²) in [6.07, 6.45) is 2.47. The number of nitrogens with zero attached hydrogens (tertiary/aromatic N) is 2. The van der Waals surface area contributed by atoms with Crippen molar-refractivity contribution in [3.63, 3.8) is 0 Å². The molecule has 2 aromatic carbocycles. The molecule has 2 aromatic rings. The third kappa shape index (κ3) is 5.45. The fourth-order valence-corrected chi connectivity index (χ4v) is 3.58. The molecule has 1 aliphatic heterocycles. The number of benzene rings is 2. The average molecular weight is 384 g/mol. The molecule has 0 saturated carbocycles. The largest absolute Gasteiger partial charge is 0.497 e. The molecule has 1 atom stereocenters. The lowest BCUT2D eigenvalue weighted by atomic mass is 10.1. The van der Waals surface area contributed by atoms with Crippen molar-refractivity contribution in [3.05, 3.63) is 65.5 Å². The van der Waals surface area contributed by atoms with Gasteiger partial charge >= 0.3 is 0 Å². The standard InChI is InChI=1S/C22H29FN4O/c1-24-22(25-15-17-6-5-7-19(23)14-17)26-16-21(27-12-3-4-13-27)18-8-10-20(28-2)11-9-18/h5-11,14,21H,3-4,12-13,15-16H2,1-2H3,(H2,24,25,26). The molecular weight excluding hydrogens is 355 g/mol. The summed E-state index contributed by atoms with van der Waals surface area (Å²) < 4.78 is 18.6. The van der Waals surface area contributed by atoms with Crippen molar-refractivity contribution in [1.29, 1.82) is 0 Å². The summed E-state index contributed by atoms with van der Waals surface area (Å²) in [4.78, 5) is 6.82. The van der Waals surface area contributed by atoms with Crippen molar-refractivity contribution in [2.24, 2.45) is 4.99 Å². The van der Waals surface area contributed by atoms with Crippen molar-refractivity contribution >= 4 is 5.96 Å². The van der Waals surface area contributed by atoms with Crippen LogP contribution >= 0.6 is 0 Å². The molecule has 3 rings (SSSR count). The third-order valence-electron chi connectivity index (χ3n) is 5.12. The van der Waals surface area contributed by atoms with Crippen molar-refractivity contribution in [3.8, 4) is 5.75 Å². The summed E-state index contributed by atoms with van der Waals surface area (Å²) >= 11 is 0. The Kier molecular flexibility index (Phi) is 7.25. The Morgan fingerprint density at radius 3 is 2.54 bits per heavy atom. The van der Waals surface area contributed by atoms with Gasteiger partial charge in [-0.05, 0) is 61.3 Å².